The maximum atomic E-state index is 6.07. The maximum absolute atomic E-state index is 6.07. The van der Waals surface area contributed by atoms with E-state index in [9.17, 15) is 0 Å². The number of nitrogens with zero attached hydrogens (tertiary/aromatic N) is 1. The summed E-state index contributed by atoms with van der Waals surface area (Å²) in [5, 5.41) is 4.07. The van der Waals surface area contributed by atoms with Crippen molar-refractivity contribution in [1.29, 1.82) is 0 Å². The fourth-order valence-electron chi connectivity index (χ4n) is 1.77. The summed E-state index contributed by atoms with van der Waals surface area (Å²) in [5.41, 5.74) is 2.20. The summed E-state index contributed by atoms with van der Waals surface area (Å²) in [6.45, 7) is 2.14. The SMILES string of the molecule is CC(Cc1ccccc1)Nc1cnccc1Cl. The predicted octanol–water partition coefficient (Wildman–Crippen LogP) is 3.78. The number of hydrogen-bond acceptors (Lipinski definition) is 2. The highest BCUT2D eigenvalue weighted by molar-refractivity contribution is 6.33. The van der Waals surface area contributed by atoms with Gasteiger partial charge in [0, 0.05) is 12.2 Å². The maximum Gasteiger partial charge on any atom is 0.0718 e. The smallest absolute Gasteiger partial charge is 0.0718 e. The second-order valence-electron chi connectivity index (χ2n) is 4.09. The van der Waals surface area contributed by atoms with E-state index in [2.05, 4.69) is 41.5 Å². The van der Waals surface area contributed by atoms with Gasteiger partial charge in [-0.25, -0.2) is 0 Å². The third-order valence-electron chi connectivity index (χ3n) is 2.55. The van der Waals surface area contributed by atoms with Crippen molar-refractivity contribution in [2.24, 2.45) is 0 Å². The number of aromatic nitrogens is 1. The van der Waals surface area contributed by atoms with Gasteiger partial charge in [-0.1, -0.05) is 41.9 Å². The lowest BCUT2D eigenvalue weighted by Gasteiger charge is -2.15. The van der Waals surface area contributed by atoms with Gasteiger partial charge in [-0.3, -0.25) is 4.98 Å². The third kappa shape index (κ3) is 3.46. The van der Waals surface area contributed by atoms with E-state index in [4.69, 9.17) is 11.6 Å². The number of rotatable bonds is 4. The molecular weight excluding hydrogens is 232 g/mol. The summed E-state index contributed by atoms with van der Waals surface area (Å²) in [6.07, 6.45) is 4.41. The monoisotopic (exact) mass is 246 g/mol. The lowest BCUT2D eigenvalue weighted by atomic mass is 10.1. The van der Waals surface area contributed by atoms with Crippen molar-refractivity contribution >= 4 is 17.3 Å². The van der Waals surface area contributed by atoms with E-state index >= 15 is 0 Å². The molecule has 0 spiro atoms. The molecule has 0 bridgehead atoms. The fraction of sp³-hybridized carbons (Fsp3) is 0.214. The normalized spacial score (nSPS) is 12.1. The van der Waals surface area contributed by atoms with Gasteiger partial charge in [0.2, 0.25) is 0 Å². The first-order chi connectivity index (χ1) is 8.25. The highest BCUT2D eigenvalue weighted by atomic mass is 35.5. The van der Waals surface area contributed by atoms with E-state index in [0.717, 1.165) is 12.1 Å². The molecule has 0 amide bonds. The van der Waals surface area contributed by atoms with Crippen LogP contribution in [-0.4, -0.2) is 11.0 Å². The molecule has 2 aromatic rings. The van der Waals surface area contributed by atoms with Crippen molar-refractivity contribution in [3.8, 4) is 0 Å². The van der Waals surface area contributed by atoms with E-state index < -0.39 is 0 Å². The zero-order valence-corrected chi connectivity index (χ0v) is 10.5. The molecule has 1 atom stereocenters. The Morgan fingerprint density at radius 3 is 2.71 bits per heavy atom. The van der Waals surface area contributed by atoms with E-state index in [1.165, 1.54) is 5.56 Å². The van der Waals surface area contributed by atoms with E-state index in [0.29, 0.717) is 11.1 Å². The summed E-state index contributed by atoms with van der Waals surface area (Å²) in [4.78, 5) is 4.06. The molecule has 88 valence electrons. The van der Waals surface area contributed by atoms with Crippen molar-refractivity contribution in [3.63, 3.8) is 0 Å². The average Bonchev–Trinajstić information content (AvgIpc) is 2.33. The first-order valence-electron chi connectivity index (χ1n) is 5.65. The highest BCUT2D eigenvalue weighted by Crippen LogP contribution is 2.20. The number of halogens is 1. The molecule has 2 nitrogen and oxygen atoms in total. The van der Waals surface area contributed by atoms with Crippen molar-refractivity contribution in [1.82, 2.24) is 4.98 Å². The molecule has 3 heteroatoms. The molecule has 0 aliphatic rings. The van der Waals surface area contributed by atoms with Crippen LogP contribution in [0.3, 0.4) is 0 Å². The molecule has 0 radical (unpaired) electrons. The summed E-state index contributed by atoms with van der Waals surface area (Å²) >= 11 is 6.07. The number of hydrogen-bond donors (Lipinski definition) is 1. The number of anilines is 1. The summed E-state index contributed by atoms with van der Waals surface area (Å²) in [6, 6.07) is 12.5. The zero-order valence-electron chi connectivity index (χ0n) is 9.73. The molecule has 0 aliphatic heterocycles. The van der Waals surface area contributed by atoms with Crippen LogP contribution in [0.4, 0.5) is 5.69 Å². The Morgan fingerprint density at radius 2 is 2.00 bits per heavy atom. The standard InChI is InChI=1S/C14H15ClN2/c1-11(9-12-5-3-2-4-6-12)17-14-10-16-8-7-13(14)15/h2-8,10-11,17H,9H2,1H3. The summed E-state index contributed by atoms with van der Waals surface area (Å²) < 4.78 is 0. The molecule has 1 aromatic heterocycles. The molecule has 1 heterocycles. The Balaban J connectivity index is 1.98. The van der Waals surface area contributed by atoms with Gasteiger partial charge in [-0.2, -0.15) is 0 Å². The average molecular weight is 247 g/mol. The first kappa shape index (κ1) is 11.9. The van der Waals surface area contributed by atoms with Gasteiger partial charge >= 0.3 is 0 Å². The second kappa shape index (κ2) is 5.69. The molecule has 0 aliphatic carbocycles. The van der Waals surface area contributed by atoms with Gasteiger partial charge in [0.05, 0.1) is 16.9 Å². The van der Waals surface area contributed by atoms with Crippen LogP contribution in [0.25, 0.3) is 0 Å². The molecule has 1 aromatic carbocycles. The van der Waals surface area contributed by atoms with Crippen LogP contribution in [0.5, 0.6) is 0 Å². The fourth-order valence-corrected chi connectivity index (χ4v) is 1.93. The van der Waals surface area contributed by atoms with Crippen LogP contribution in [0, 0.1) is 0 Å². The van der Waals surface area contributed by atoms with Crippen LogP contribution in [0.2, 0.25) is 5.02 Å². The Morgan fingerprint density at radius 1 is 1.24 bits per heavy atom. The van der Waals surface area contributed by atoms with Gasteiger partial charge in [0.25, 0.3) is 0 Å². The highest BCUT2D eigenvalue weighted by Gasteiger charge is 2.05. The van der Waals surface area contributed by atoms with Crippen molar-refractivity contribution in [3.05, 3.63) is 59.4 Å². The first-order valence-corrected chi connectivity index (χ1v) is 6.03. The van der Waals surface area contributed by atoms with E-state index in [1.54, 1.807) is 18.5 Å². The van der Waals surface area contributed by atoms with Gasteiger partial charge in [-0.05, 0) is 25.0 Å². The largest absolute Gasteiger partial charge is 0.380 e. The molecule has 0 saturated carbocycles. The lowest BCUT2D eigenvalue weighted by molar-refractivity contribution is 0.789. The Bertz CT molecular complexity index is 471. The zero-order chi connectivity index (χ0) is 12.1. The van der Waals surface area contributed by atoms with Crippen LogP contribution < -0.4 is 5.32 Å². The molecule has 0 fully saturated rings. The van der Waals surface area contributed by atoms with Crippen molar-refractivity contribution in [2.45, 2.75) is 19.4 Å². The van der Waals surface area contributed by atoms with Gasteiger partial charge < -0.3 is 5.32 Å². The summed E-state index contributed by atoms with van der Waals surface area (Å²) in [5.74, 6) is 0. The van der Waals surface area contributed by atoms with Crippen LogP contribution >= 0.6 is 11.6 Å². The number of benzene rings is 1. The minimum atomic E-state index is 0.319. The number of nitrogens with one attached hydrogen (secondary N) is 1. The molecule has 2 rings (SSSR count). The topological polar surface area (TPSA) is 24.9 Å². The van der Waals surface area contributed by atoms with Crippen molar-refractivity contribution < 1.29 is 0 Å². The van der Waals surface area contributed by atoms with E-state index in [-0.39, 0.29) is 0 Å². The number of pyridine rings is 1. The molecule has 17 heavy (non-hydrogen) atoms. The minimum Gasteiger partial charge on any atom is -0.380 e. The van der Waals surface area contributed by atoms with Crippen LogP contribution in [0.15, 0.2) is 48.8 Å². The second-order valence-corrected chi connectivity index (χ2v) is 4.50. The predicted molar refractivity (Wildman–Crippen MR) is 72.5 cm³/mol. The lowest BCUT2D eigenvalue weighted by Crippen LogP contribution is -2.18. The van der Waals surface area contributed by atoms with E-state index in [1.807, 2.05) is 6.07 Å². The van der Waals surface area contributed by atoms with Crippen molar-refractivity contribution in [2.75, 3.05) is 5.32 Å². The third-order valence-corrected chi connectivity index (χ3v) is 2.88. The molecule has 0 saturated heterocycles. The Labute approximate surface area is 107 Å². The van der Waals surface area contributed by atoms with Crippen LogP contribution in [-0.2, 0) is 6.42 Å². The quantitative estimate of drug-likeness (QED) is 0.888. The molecule has 1 N–H and O–H groups in total. The Hall–Kier alpha value is -1.54. The summed E-state index contributed by atoms with van der Waals surface area (Å²) in [7, 11) is 0. The van der Waals surface area contributed by atoms with Gasteiger partial charge in [0.1, 0.15) is 0 Å². The molecule has 1 unspecified atom stereocenters. The van der Waals surface area contributed by atoms with Gasteiger partial charge in [-0.15, -0.1) is 0 Å². The van der Waals surface area contributed by atoms with Crippen LogP contribution in [0.1, 0.15) is 12.5 Å². The molecular formula is C14H15ClN2. The van der Waals surface area contributed by atoms with Gasteiger partial charge in [0.15, 0.2) is 0 Å². The minimum absolute atomic E-state index is 0.319. The Kier molecular flexibility index (Phi) is 3.99.